The molecule has 2 N–H and O–H groups in total. The molecule has 0 saturated heterocycles. The lowest BCUT2D eigenvalue weighted by atomic mass is 10.0. The van der Waals surface area contributed by atoms with Crippen LogP contribution in [-0.4, -0.2) is 34.4 Å². The maximum absolute atomic E-state index is 12.6. The van der Waals surface area contributed by atoms with Crippen LogP contribution in [0.2, 0.25) is 0 Å². The van der Waals surface area contributed by atoms with Crippen molar-refractivity contribution in [2.75, 3.05) is 38.0 Å². The van der Waals surface area contributed by atoms with Crippen LogP contribution in [-0.2, 0) is 0 Å². The van der Waals surface area contributed by atoms with Gasteiger partial charge in [0, 0.05) is 39.6 Å². The molecule has 0 heterocycles. The highest BCUT2D eigenvalue weighted by Crippen LogP contribution is 2.34. The molecule has 0 aliphatic rings. The summed E-state index contributed by atoms with van der Waals surface area (Å²) in [6.45, 7) is 0. The third kappa shape index (κ3) is 3.29. The van der Waals surface area contributed by atoms with Gasteiger partial charge in [0.15, 0.2) is 0 Å². The summed E-state index contributed by atoms with van der Waals surface area (Å²) in [7, 11) is 7.10. The Morgan fingerprint density at radius 3 is 1.61 bits per heavy atom. The van der Waals surface area contributed by atoms with E-state index in [4.69, 9.17) is 5.73 Å². The Balaban J connectivity index is 3.27. The van der Waals surface area contributed by atoms with Crippen LogP contribution in [0.15, 0.2) is 18.2 Å². The molecule has 0 aliphatic heterocycles. The summed E-state index contributed by atoms with van der Waals surface area (Å²) in [5.74, 6) is 0. The highest BCUT2D eigenvalue weighted by atomic mass is 19.4. The zero-order chi connectivity index (χ0) is 14.1. The second-order valence-electron chi connectivity index (χ2n) is 4.59. The van der Waals surface area contributed by atoms with Gasteiger partial charge in [0.2, 0.25) is 0 Å². The topological polar surface area (TPSA) is 32.5 Å². The predicted molar refractivity (Wildman–Crippen MR) is 68.1 cm³/mol. The number of rotatable bonds is 3. The molecule has 1 aromatic carbocycles. The van der Waals surface area contributed by atoms with Gasteiger partial charge in [0.1, 0.15) is 6.04 Å². The zero-order valence-corrected chi connectivity index (χ0v) is 10.9. The number of halogens is 3. The molecule has 6 heteroatoms. The van der Waals surface area contributed by atoms with Crippen molar-refractivity contribution in [3.8, 4) is 0 Å². The SMILES string of the molecule is CN(C)c1cc([C@H](N)C(F)(F)F)cc(N(C)C)c1. The average molecular weight is 261 g/mol. The molecule has 0 amide bonds. The molecule has 3 nitrogen and oxygen atoms in total. The van der Waals surface area contributed by atoms with Crippen molar-refractivity contribution in [1.82, 2.24) is 0 Å². The number of alkyl halides is 3. The first kappa shape index (κ1) is 14.6. The smallest absolute Gasteiger partial charge is 0.378 e. The van der Waals surface area contributed by atoms with Crippen LogP contribution in [0, 0.1) is 0 Å². The molecule has 0 bridgehead atoms. The van der Waals surface area contributed by atoms with Crippen LogP contribution in [0.25, 0.3) is 0 Å². The minimum atomic E-state index is -4.44. The van der Waals surface area contributed by atoms with Crippen molar-refractivity contribution in [3.05, 3.63) is 23.8 Å². The molecular weight excluding hydrogens is 243 g/mol. The Kier molecular flexibility index (Phi) is 4.11. The lowest BCUT2D eigenvalue weighted by Gasteiger charge is -2.23. The van der Waals surface area contributed by atoms with E-state index in [1.165, 1.54) is 12.1 Å². The van der Waals surface area contributed by atoms with Crippen molar-refractivity contribution in [2.45, 2.75) is 12.2 Å². The monoisotopic (exact) mass is 261 g/mol. The van der Waals surface area contributed by atoms with Gasteiger partial charge < -0.3 is 15.5 Å². The Bertz CT molecular complexity index is 387. The van der Waals surface area contributed by atoms with Gasteiger partial charge in [-0.05, 0) is 23.8 Å². The normalized spacial score (nSPS) is 13.3. The van der Waals surface area contributed by atoms with Crippen molar-refractivity contribution in [3.63, 3.8) is 0 Å². The third-order valence-corrected chi connectivity index (χ3v) is 2.67. The van der Waals surface area contributed by atoms with Gasteiger partial charge in [-0.2, -0.15) is 13.2 Å². The van der Waals surface area contributed by atoms with E-state index in [1.54, 1.807) is 38.0 Å². The first-order chi connectivity index (χ1) is 8.12. The minimum Gasteiger partial charge on any atom is -0.378 e. The van der Waals surface area contributed by atoms with Crippen molar-refractivity contribution in [1.29, 1.82) is 0 Å². The molecule has 0 aromatic heterocycles. The standard InChI is InChI=1S/C12H18F3N3/c1-17(2)9-5-8(11(16)12(13,14)15)6-10(7-9)18(3)4/h5-7,11H,16H2,1-4H3/t11-/m0/s1. The van der Waals surface area contributed by atoms with Crippen molar-refractivity contribution < 1.29 is 13.2 Å². The largest absolute Gasteiger partial charge is 0.407 e. The van der Waals surface area contributed by atoms with E-state index in [0.717, 1.165) is 0 Å². The van der Waals surface area contributed by atoms with E-state index < -0.39 is 12.2 Å². The van der Waals surface area contributed by atoms with Gasteiger partial charge in [-0.1, -0.05) is 0 Å². The fourth-order valence-electron chi connectivity index (χ4n) is 1.50. The Morgan fingerprint density at radius 2 is 1.33 bits per heavy atom. The van der Waals surface area contributed by atoms with E-state index in [0.29, 0.717) is 11.4 Å². The number of hydrogen-bond acceptors (Lipinski definition) is 3. The van der Waals surface area contributed by atoms with Crippen LogP contribution in [0.4, 0.5) is 24.5 Å². The lowest BCUT2D eigenvalue weighted by molar-refractivity contribution is -0.149. The molecule has 0 radical (unpaired) electrons. The summed E-state index contributed by atoms with van der Waals surface area (Å²) in [6.07, 6.45) is -4.44. The number of nitrogens with zero attached hydrogens (tertiary/aromatic N) is 2. The quantitative estimate of drug-likeness (QED) is 0.906. The van der Waals surface area contributed by atoms with Gasteiger partial charge in [-0.25, -0.2) is 0 Å². The number of nitrogens with two attached hydrogens (primary N) is 1. The first-order valence-electron chi connectivity index (χ1n) is 5.45. The fraction of sp³-hybridized carbons (Fsp3) is 0.500. The Hall–Kier alpha value is -1.43. The molecule has 1 atom stereocenters. The predicted octanol–water partition coefficient (Wildman–Crippen LogP) is 2.38. The van der Waals surface area contributed by atoms with Gasteiger partial charge in [-0.3, -0.25) is 0 Å². The summed E-state index contributed by atoms with van der Waals surface area (Å²) < 4.78 is 37.9. The molecule has 0 spiro atoms. The first-order valence-corrected chi connectivity index (χ1v) is 5.45. The van der Waals surface area contributed by atoms with E-state index in [1.807, 2.05) is 6.07 Å². The molecule has 0 aliphatic carbocycles. The van der Waals surface area contributed by atoms with E-state index in [2.05, 4.69) is 0 Å². The number of benzene rings is 1. The van der Waals surface area contributed by atoms with Gasteiger partial charge in [-0.15, -0.1) is 0 Å². The average Bonchev–Trinajstić information content (AvgIpc) is 2.26. The Morgan fingerprint density at radius 1 is 0.944 bits per heavy atom. The van der Waals surface area contributed by atoms with Crippen LogP contribution in [0.5, 0.6) is 0 Å². The molecule has 0 saturated carbocycles. The van der Waals surface area contributed by atoms with Crippen LogP contribution >= 0.6 is 0 Å². The number of hydrogen-bond donors (Lipinski definition) is 1. The summed E-state index contributed by atoms with van der Waals surface area (Å²) in [4.78, 5) is 3.50. The minimum absolute atomic E-state index is 0.0670. The highest BCUT2D eigenvalue weighted by molar-refractivity contribution is 5.61. The highest BCUT2D eigenvalue weighted by Gasteiger charge is 2.38. The van der Waals surface area contributed by atoms with Crippen LogP contribution < -0.4 is 15.5 Å². The maximum atomic E-state index is 12.6. The number of anilines is 2. The summed E-state index contributed by atoms with van der Waals surface area (Å²) in [5.41, 5.74) is 6.70. The third-order valence-electron chi connectivity index (χ3n) is 2.67. The second kappa shape index (κ2) is 5.06. The fourth-order valence-corrected chi connectivity index (χ4v) is 1.50. The molecule has 1 aromatic rings. The Labute approximate surface area is 105 Å². The van der Waals surface area contributed by atoms with E-state index >= 15 is 0 Å². The van der Waals surface area contributed by atoms with Gasteiger partial charge >= 0.3 is 6.18 Å². The summed E-state index contributed by atoms with van der Waals surface area (Å²) >= 11 is 0. The zero-order valence-electron chi connectivity index (χ0n) is 10.9. The van der Waals surface area contributed by atoms with E-state index in [9.17, 15) is 13.2 Å². The molecule has 102 valence electrons. The summed E-state index contributed by atoms with van der Waals surface area (Å²) in [6, 6.07) is 2.78. The van der Waals surface area contributed by atoms with Gasteiger partial charge in [0.25, 0.3) is 0 Å². The van der Waals surface area contributed by atoms with Crippen LogP contribution in [0.3, 0.4) is 0 Å². The molecule has 18 heavy (non-hydrogen) atoms. The van der Waals surface area contributed by atoms with Gasteiger partial charge in [0.05, 0.1) is 0 Å². The molecule has 1 rings (SSSR count). The molecule has 0 unspecified atom stereocenters. The maximum Gasteiger partial charge on any atom is 0.407 e. The van der Waals surface area contributed by atoms with E-state index in [-0.39, 0.29) is 5.56 Å². The molecule has 0 fully saturated rings. The molecular formula is C12H18F3N3. The van der Waals surface area contributed by atoms with Crippen LogP contribution in [0.1, 0.15) is 11.6 Å². The van der Waals surface area contributed by atoms with Crippen molar-refractivity contribution in [2.24, 2.45) is 5.73 Å². The lowest BCUT2D eigenvalue weighted by Crippen LogP contribution is -2.29. The van der Waals surface area contributed by atoms with Crippen molar-refractivity contribution >= 4 is 11.4 Å². The second-order valence-corrected chi connectivity index (χ2v) is 4.59. The summed E-state index contributed by atoms with van der Waals surface area (Å²) in [5, 5.41) is 0.